The van der Waals surface area contributed by atoms with E-state index < -0.39 is 5.91 Å². The van der Waals surface area contributed by atoms with E-state index in [2.05, 4.69) is 0 Å². The SMILES string of the molecule is CC(=O)c1cc(Cl)ccc1-c1ccccc1C(N)=O. The Hall–Kier alpha value is -2.13. The molecule has 0 spiro atoms. The normalized spacial score (nSPS) is 10.2. The highest BCUT2D eigenvalue weighted by molar-refractivity contribution is 6.31. The molecule has 0 heterocycles. The molecule has 19 heavy (non-hydrogen) atoms. The predicted molar refractivity (Wildman–Crippen MR) is 75.4 cm³/mol. The molecular formula is C15H12ClNO2. The minimum absolute atomic E-state index is 0.114. The van der Waals surface area contributed by atoms with Gasteiger partial charge in [0.05, 0.1) is 0 Å². The lowest BCUT2D eigenvalue weighted by molar-refractivity contribution is 0.0995. The Bertz CT molecular complexity index is 665. The highest BCUT2D eigenvalue weighted by Crippen LogP contribution is 2.29. The summed E-state index contributed by atoms with van der Waals surface area (Å²) in [6.07, 6.45) is 0. The Morgan fingerprint density at radius 2 is 1.63 bits per heavy atom. The molecule has 0 saturated heterocycles. The zero-order valence-corrected chi connectivity index (χ0v) is 11.1. The van der Waals surface area contributed by atoms with Crippen LogP contribution in [0, 0.1) is 0 Å². The van der Waals surface area contributed by atoms with E-state index in [0.717, 1.165) is 0 Å². The molecule has 0 saturated carbocycles. The van der Waals surface area contributed by atoms with Crippen LogP contribution in [0.3, 0.4) is 0 Å². The van der Waals surface area contributed by atoms with Gasteiger partial charge in [-0.3, -0.25) is 9.59 Å². The lowest BCUT2D eigenvalue weighted by Crippen LogP contribution is -2.12. The van der Waals surface area contributed by atoms with E-state index in [1.165, 1.54) is 6.92 Å². The standard InChI is InChI=1S/C15H12ClNO2/c1-9(18)14-8-10(16)6-7-12(14)11-4-2-3-5-13(11)15(17)19/h2-8H,1H3,(H2,17,19). The molecule has 0 aromatic heterocycles. The minimum Gasteiger partial charge on any atom is -0.366 e. The minimum atomic E-state index is -0.528. The predicted octanol–water partition coefficient (Wildman–Crippen LogP) is 3.31. The Kier molecular flexibility index (Phi) is 3.67. The van der Waals surface area contributed by atoms with Gasteiger partial charge in [-0.25, -0.2) is 0 Å². The van der Waals surface area contributed by atoms with Crippen LogP contribution in [0.1, 0.15) is 27.6 Å². The van der Waals surface area contributed by atoms with Crippen LogP contribution >= 0.6 is 11.6 Å². The summed E-state index contributed by atoms with van der Waals surface area (Å²) in [4.78, 5) is 23.2. The first-order valence-corrected chi connectivity index (χ1v) is 6.08. The molecule has 0 aliphatic rings. The van der Waals surface area contributed by atoms with Gasteiger partial charge < -0.3 is 5.73 Å². The van der Waals surface area contributed by atoms with Crippen LogP contribution in [-0.2, 0) is 0 Å². The molecule has 2 aromatic rings. The molecule has 3 nitrogen and oxygen atoms in total. The van der Waals surface area contributed by atoms with Crippen molar-refractivity contribution >= 4 is 23.3 Å². The second-order valence-corrected chi connectivity index (χ2v) is 4.59. The van der Waals surface area contributed by atoms with Crippen LogP contribution in [0.15, 0.2) is 42.5 Å². The monoisotopic (exact) mass is 273 g/mol. The molecule has 0 bridgehead atoms. The Balaban J connectivity index is 2.72. The van der Waals surface area contributed by atoms with E-state index in [9.17, 15) is 9.59 Å². The van der Waals surface area contributed by atoms with Gasteiger partial charge in [-0.1, -0.05) is 35.9 Å². The zero-order valence-electron chi connectivity index (χ0n) is 10.3. The van der Waals surface area contributed by atoms with Crippen molar-refractivity contribution in [2.24, 2.45) is 5.73 Å². The molecule has 4 heteroatoms. The van der Waals surface area contributed by atoms with E-state index in [1.807, 2.05) is 0 Å². The van der Waals surface area contributed by atoms with Crippen LogP contribution in [-0.4, -0.2) is 11.7 Å². The van der Waals surface area contributed by atoms with Crippen LogP contribution < -0.4 is 5.73 Å². The van der Waals surface area contributed by atoms with E-state index in [-0.39, 0.29) is 5.78 Å². The van der Waals surface area contributed by atoms with Gasteiger partial charge in [0.25, 0.3) is 0 Å². The number of primary amides is 1. The van der Waals surface area contributed by atoms with Crippen molar-refractivity contribution in [3.8, 4) is 11.1 Å². The van der Waals surface area contributed by atoms with Gasteiger partial charge in [-0.2, -0.15) is 0 Å². The van der Waals surface area contributed by atoms with Crippen molar-refractivity contribution in [3.05, 3.63) is 58.6 Å². The number of carbonyl (C=O) groups is 2. The smallest absolute Gasteiger partial charge is 0.249 e. The Morgan fingerprint density at radius 1 is 1.00 bits per heavy atom. The number of Topliss-reactive ketones (excluding diaryl/α,β-unsaturated/α-hetero) is 1. The number of carbonyl (C=O) groups excluding carboxylic acids is 2. The van der Waals surface area contributed by atoms with Gasteiger partial charge in [0, 0.05) is 16.1 Å². The molecule has 2 rings (SSSR count). The lowest BCUT2D eigenvalue weighted by Gasteiger charge is -2.11. The van der Waals surface area contributed by atoms with Gasteiger partial charge in [-0.05, 0) is 36.2 Å². The Morgan fingerprint density at radius 3 is 2.26 bits per heavy atom. The second-order valence-electron chi connectivity index (χ2n) is 4.16. The number of amides is 1. The second kappa shape index (κ2) is 5.24. The first kappa shape index (κ1) is 13.3. The molecule has 0 aliphatic heterocycles. The van der Waals surface area contributed by atoms with Crippen molar-refractivity contribution in [2.45, 2.75) is 6.92 Å². The average Bonchev–Trinajstić information content (AvgIpc) is 2.38. The third kappa shape index (κ3) is 2.66. The number of benzene rings is 2. The summed E-state index contributed by atoms with van der Waals surface area (Å²) in [7, 11) is 0. The lowest BCUT2D eigenvalue weighted by atomic mass is 9.93. The molecule has 0 unspecified atom stereocenters. The number of ketones is 1. The maximum absolute atomic E-state index is 11.7. The summed E-state index contributed by atoms with van der Waals surface area (Å²) >= 11 is 5.91. The molecule has 0 atom stereocenters. The van der Waals surface area contributed by atoms with Crippen LogP contribution in [0.5, 0.6) is 0 Å². The largest absolute Gasteiger partial charge is 0.366 e. The van der Waals surface area contributed by atoms with Crippen LogP contribution in [0.2, 0.25) is 5.02 Å². The van der Waals surface area contributed by atoms with E-state index in [1.54, 1.807) is 42.5 Å². The van der Waals surface area contributed by atoms with Gasteiger partial charge in [0.15, 0.2) is 5.78 Å². The summed E-state index contributed by atoms with van der Waals surface area (Å²) in [6.45, 7) is 1.46. The zero-order chi connectivity index (χ0) is 14.0. The first-order chi connectivity index (χ1) is 9.00. The molecule has 2 N–H and O–H groups in total. The number of hydrogen-bond donors (Lipinski definition) is 1. The molecule has 0 aliphatic carbocycles. The van der Waals surface area contributed by atoms with E-state index in [0.29, 0.717) is 27.3 Å². The van der Waals surface area contributed by atoms with E-state index in [4.69, 9.17) is 17.3 Å². The number of halogens is 1. The number of hydrogen-bond acceptors (Lipinski definition) is 2. The molecule has 0 radical (unpaired) electrons. The maximum Gasteiger partial charge on any atom is 0.249 e. The van der Waals surface area contributed by atoms with Crippen molar-refractivity contribution in [3.63, 3.8) is 0 Å². The highest BCUT2D eigenvalue weighted by atomic mass is 35.5. The van der Waals surface area contributed by atoms with E-state index >= 15 is 0 Å². The topological polar surface area (TPSA) is 60.2 Å². The molecule has 2 aromatic carbocycles. The van der Waals surface area contributed by atoms with Gasteiger partial charge in [0.2, 0.25) is 5.91 Å². The highest BCUT2D eigenvalue weighted by Gasteiger charge is 2.15. The third-order valence-electron chi connectivity index (χ3n) is 2.84. The quantitative estimate of drug-likeness (QED) is 0.872. The maximum atomic E-state index is 11.7. The molecule has 1 amide bonds. The van der Waals surface area contributed by atoms with Gasteiger partial charge in [-0.15, -0.1) is 0 Å². The van der Waals surface area contributed by atoms with Gasteiger partial charge in [0.1, 0.15) is 0 Å². The first-order valence-electron chi connectivity index (χ1n) is 5.70. The molecular weight excluding hydrogens is 262 g/mol. The molecule has 0 fully saturated rings. The fraction of sp³-hybridized carbons (Fsp3) is 0.0667. The fourth-order valence-electron chi connectivity index (χ4n) is 1.98. The average molecular weight is 274 g/mol. The van der Waals surface area contributed by atoms with Crippen LogP contribution in [0.4, 0.5) is 0 Å². The van der Waals surface area contributed by atoms with Crippen molar-refractivity contribution in [2.75, 3.05) is 0 Å². The summed E-state index contributed by atoms with van der Waals surface area (Å²) < 4.78 is 0. The summed E-state index contributed by atoms with van der Waals surface area (Å²) in [6, 6.07) is 11.9. The number of nitrogens with two attached hydrogens (primary N) is 1. The number of rotatable bonds is 3. The van der Waals surface area contributed by atoms with Crippen molar-refractivity contribution in [1.82, 2.24) is 0 Å². The fourth-order valence-corrected chi connectivity index (χ4v) is 2.15. The Labute approximate surface area is 116 Å². The van der Waals surface area contributed by atoms with Gasteiger partial charge >= 0.3 is 0 Å². The third-order valence-corrected chi connectivity index (χ3v) is 3.08. The molecule has 96 valence electrons. The summed E-state index contributed by atoms with van der Waals surface area (Å²) in [5, 5.41) is 0.477. The van der Waals surface area contributed by atoms with Crippen LogP contribution in [0.25, 0.3) is 11.1 Å². The summed E-state index contributed by atoms with van der Waals surface area (Å²) in [5.74, 6) is -0.642. The van der Waals surface area contributed by atoms with Crippen molar-refractivity contribution < 1.29 is 9.59 Å². The van der Waals surface area contributed by atoms with Crippen molar-refractivity contribution in [1.29, 1.82) is 0 Å². The summed E-state index contributed by atoms with van der Waals surface area (Å²) in [5.41, 5.74) is 7.51.